The smallest absolute Gasteiger partial charge is 0.258 e. The van der Waals surface area contributed by atoms with Crippen molar-refractivity contribution in [1.29, 1.82) is 0 Å². The second kappa shape index (κ2) is 9.63. The second-order valence-electron chi connectivity index (χ2n) is 7.11. The van der Waals surface area contributed by atoms with Crippen molar-refractivity contribution in [1.82, 2.24) is 25.2 Å². The van der Waals surface area contributed by atoms with Crippen molar-refractivity contribution in [3.63, 3.8) is 0 Å². The minimum absolute atomic E-state index is 0.117. The fraction of sp³-hybridized carbons (Fsp3) is 0.217. The molecule has 4 aromatic rings. The monoisotopic (exact) mass is 433 g/mol. The van der Waals surface area contributed by atoms with Crippen molar-refractivity contribution in [2.75, 3.05) is 13.1 Å². The molecule has 0 bridgehead atoms. The van der Waals surface area contributed by atoms with E-state index in [2.05, 4.69) is 20.3 Å². The number of carbonyl (C=O) groups excluding carboxylic acids is 1. The summed E-state index contributed by atoms with van der Waals surface area (Å²) in [6.45, 7) is 3.16. The summed E-state index contributed by atoms with van der Waals surface area (Å²) in [6.07, 6.45) is 1.74. The largest absolute Gasteiger partial charge is 0.342 e. The molecule has 31 heavy (non-hydrogen) atoms. The average Bonchev–Trinajstić information content (AvgIpc) is 3.32. The molecule has 8 heteroatoms. The molecule has 0 spiro atoms. The maximum atomic E-state index is 12.9. The average molecular weight is 434 g/mol. The fourth-order valence-corrected chi connectivity index (χ4v) is 4.13. The number of likely N-dealkylation sites (N-methyl/N-ethyl adjacent to an activating group) is 1. The molecule has 0 fully saturated rings. The van der Waals surface area contributed by atoms with E-state index >= 15 is 0 Å². The molecule has 2 heterocycles. The fourth-order valence-electron chi connectivity index (χ4n) is 3.42. The van der Waals surface area contributed by atoms with Crippen LogP contribution in [0.2, 0.25) is 0 Å². The molecule has 4 rings (SSSR count). The highest BCUT2D eigenvalue weighted by Crippen LogP contribution is 2.23. The molecule has 2 N–H and O–H groups in total. The summed E-state index contributed by atoms with van der Waals surface area (Å²) in [4.78, 5) is 38.9. The number of nitrogens with zero attached hydrogens (tertiary/aromatic N) is 3. The van der Waals surface area contributed by atoms with Gasteiger partial charge in [-0.1, -0.05) is 49.4 Å². The summed E-state index contributed by atoms with van der Waals surface area (Å²) in [5.74, 6) is 0.423. The third-order valence-electron chi connectivity index (χ3n) is 4.99. The van der Waals surface area contributed by atoms with Crippen molar-refractivity contribution in [2.24, 2.45) is 0 Å². The molecule has 2 aromatic heterocycles. The van der Waals surface area contributed by atoms with Gasteiger partial charge in [0.15, 0.2) is 0 Å². The van der Waals surface area contributed by atoms with Crippen LogP contribution in [0.4, 0.5) is 0 Å². The Morgan fingerprint density at radius 3 is 2.68 bits per heavy atom. The van der Waals surface area contributed by atoms with Crippen LogP contribution in [0.5, 0.6) is 0 Å². The number of nitrogens with one attached hydrogen (secondary N) is 2. The number of carbonyl (C=O) groups is 1. The highest BCUT2D eigenvalue weighted by molar-refractivity contribution is 7.09. The van der Waals surface area contributed by atoms with Gasteiger partial charge in [0.2, 0.25) is 5.91 Å². The summed E-state index contributed by atoms with van der Waals surface area (Å²) in [7, 11) is 0. The van der Waals surface area contributed by atoms with Crippen LogP contribution in [0.25, 0.3) is 10.9 Å². The normalized spacial score (nSPS) is 12.2. The van der Waals surface area contributed by atoms with Crippen LogP contribution in [-0.2, 0) is 11.3 Å². The molecule has 0 radical (unpaired) electrons. The van der Waals surface area contributed by atoms with Crippen molar-refractivity contribution < 1.29 is 4.79 Å². The first-order valence-corrected chi connectivity index (χ1v) is 11.0. The van der Waals surface area contributed by atoms with Crippen molar-refractivity contribution >= 4 is 28.1 Å². The van der Waals surface area contributed by atoms with E-state index in [9.17, 15) is 9.59 Å². The van der Waals surface area contributed by atoms with Gasteiger partial charge in [0, 0.05) is 11.6 Å². The van der Waals surface area contributed by atoms with Gasteiger partial charge >= 0.3 is 0 Å². The topological polar surface area (TPSA) is 91.0 Å². The first kappa shape index (κ1) is 20.9. The summed E-state index contributed by atoms with van der Waals surface area (Å²) in [5, 5.41) is 6.40. The van der Waals surface area contributed by atoms with Crippen LogP contribution in [0.1, 0.15) is 29.4 Å². The molecule has 0 saturated carbocycles. The minimum atomic E-state index is -0.300. The van der Waals surface area contributed by atoms with Gasteiger partial charge in [0.05, 0.1) is 24.0 Å². The Morgan fingerprint density at radius 2 is 1.94 bits per heavy atom. The molecule has 0 saturated heterocycles. The number of amides is 1. The molecule has 0 aliphatic rings. The summed E-state index contributed by atoms with van der Waals surface area (Å²) in [5.41, 5.74) is 1.46. The van der Waals surface area contributed by atoms with Crippen LogP contribution >= 0.6 is 11.3 Å². The van der Waals surface area contributed by atoms with Crippen molar-refractivity contribution in [3.8, 4) is 0 Å². The first-order valence-electron chi connectivity index (χ1n) is 10.1. The Hall–Kier alpha value is -3.36. The Bertz CT molecular complexity index is 1210. The lowest BCUT2D eigenvalue weighted by Crippen LogP contribution is -2.39. The molecular weight excluding hydrogens is 410 g/mol. The van der Waals surface area contributed by atoms with E-state index in [4.69, 9.17) is 0 Å². The molecular formula is C23H23N5O2S. The third-order valence-corrected chi connectivity index (χ3v) is 5.83. The van der Waals surface area contributed by atoms with E-state index in [1.54, 1.807) is 12.3 Å². The zero-order valence-electron chi connectivity index (χ0n) is 17.1. The van der Waals surface area contributed by atoms with E-state index in [0.717, 1.165) is 10.6 Å². The van der Waals surface area contributed by atoms with E-state index < -0.39 is 0 Å². The van der Waals surface area contributed by atoms with Gasteiger partial charge in [-0.05, 0) is 24.2 Å². The number of para-hydroxylation sites is 1. The van der Waals surface area contributed by atoms with E-state index in [-0.39, 0.29) is 24.1 Å². The maximum absolute atomic E-state index is 12.9. The lowest BCUT2D eigenvalue weighted by molar-refractivity contribution is -0.122. The van der Waals surface area contributed by atoms with Crippen LogP contribution in [-0.4, -0.2) is 38.8 Å². The molecule has 2 aromatic carbocycles. The molecule has 0 aliphatic carbocycles. The highest BCUT2D eigenvalue weighted by atomic mass is 32.1. The molecule has 1 unspecified atom stereocenters. The standard InChI is InChI=1S/C23H23N5O2S/c1-2-28(14-19-25-18-11-7-6-10-17(18)22(30)26-19)15-20(29)27-21(23-24-12-13-31-23)16-8-4-3-5-9-16/h3-13,21H,2,14-15H2,1H3,(H,27,29)(H,25,26,30). The van der Waals surface area contributed by atoms with Gasteiger partial charge in [0.1, 0.15) is 16.9 Å². The number of aromatic amines is 1. The van der Waals surface area contributed by atoms with E-state index in [1.807, 2.05) is 65.7 Å². The quantitative estimate of drug-likeness (QED) is 0.446. The molecule has 158 valence electrons. The van der Waals surface area contributed by atoms with Crippen LogP contribution < -0.4 is 10.9 Å². The zero-order chi connectivity index (χ0) is 21.6. The lowest BCUT2D eigenvalue weighted by atomic mass is 10.1. The molecule has 7 nitrogen and oxygen atoms in total. The Morgan fingerprint density at radius 1 is 1.16 bits per heavy atom. The Balaban J connectivity index is 1.48. The Labute approximate surface area is 183 Å². The predicted octanol–water partition coefficient (Wildman–Crippen LogP) is 3.11. The molecule has 1 amide bonds. The summed E-state index contributed by atoms with van der Waals surface area (Å²) < 4.78 is 0. The number of benzene rings is 2. The first-order chi connectivity index (χ1) is 15.1. The summed E-state index contributed by atoms with van der Waals surface area (Å²) >= 11 is 1.51. The third kappa shape index (κ3) is 5.04. The van der Waals surface area contributed by atoms with Crippen molar-refractivity contribution in [3.05, 3.63) is 92.9 Å². The molecule has 0 aliphatic heterocycles. The highest BCUT2D eigenvalue weighted by Gasteiger charge is 2.20. The second-order valence-corrected chi connectivity index (χ2v) is 8.04. The summed E-state index contributed by atoms with van der Waals surface area (Å²) in [6, 6.07) is 16.7. The van der Waals surface area contributed by atoms with Gasteiger partial charge in [-0.3, -0.25) is 14.5 Å². The number of thiazole rings is 1. The van der Waals surface area contributed by atoms with Gasteiger partial charge in [-0.2, -0.15) is 0 Å². The number of hydrogen-bond donors (Lipinski definition) is 2. The minimum Gasteiger partial charge on any atom is -0.342 e. The van der Waals surface area contributed by atoms with Crippen LogP contribution in [0, 0.1) is 0 Å². The van der Waals surface area contributed by atoms with Crippen molar-refractivity contribution in [2.45, 2.75) is 19.5 Å². The molecule has 1 atom stereocenters. The SMILES string of the molecule is CCN(CC(=O)NC(c1ccccc1)c1nccs1)Cc1nc2ccccc2c(=O)[nH]1. The van der Waals surface area contributed by atoms with E-state index in [0.29, 0.717) is 29.8 Å². The number of H-pyrrole nitrogens is 1. The van der Waals surface area contributed by atoms with Crippen LogP contribution in [0.15, 0.2) is 71.0 Å². The van der Waals surface area contributed by atoms with Crippen LogP contribution in [0.3, 0.4) is 0 Å². The lowest BCUT2D eigenvalue weighted by Gasteiger charge is -2.22. The number of fused-ring (bicyclic) bond motifs is 1. The van der Waals surface area contributed by atoms with Gasteiger partial charge in [-0.25, -0.2) is 9.97 Å². The van der Waals surface area contributed by atoms with E-state index in [1.165, 1.54) is 11.3 Å². The maximum Gasteiger partial charge on any atom is 0.258 e. The Kier molecular flexibility index (Phi) is 6.49. The number of rotatable bonds is 8. The number of aromatic nitrogens is 3. The number of hydrogen-bond acceptors (Lipinski definition) is 6. The predicted molar refractivity (Wildman–Crippen MR) is 122 cm³/mol. The van der Waals surface area contributed by atoms with Gasteiger partial charge in [-0.15, -0.1) is 11.3 Å². The zero-order valence-corrected chi connectivity index (χ0v) is 17.9. The van der Waals surface area contributed by atoms with Gasteiger partial charge in [0.25, 0.3) is 5.56 Å². The van der Waals surface area contributed by atoms with Gasteiger partial charge < -0.3 is 10.3 Å².